The first-order valence-electron chi connectivity index (χ1n) is 8.66. The van der Waals surface area contributed by atoms with Crippen molar-refractivity contribution in [3.8, 4) is 0 Å². The highest BCUT2D eigenvalue weighted by atomic mass is 32.2. The first kappa shape index (κ1) is 24.1. The summed E-state index contributed by atoms with van der Waals surface area (Å²) >= 11 is 0. The number of fused-ring (bicyclic) bond motifs is 1. The molecule has 2 N–H and O–H groups in total. The number of benzene rings is 2. The zero-order valence-electron chi connectivity index (χ0n) is 16.6. The van der Waals surface area contributed by atoms with Gasteiger partial charge in [-0.05, 0) is 50.2 Å². The fourth-order valence-corrected chi connectivity index (χ4v) is 3.06. The lowest BCUT2D eigenvalue weighted by Crippen LogP contribution is -1.96. The molecule has 0 unspecified atom stereocenters. The maximum Gasteiger partial charge on any atom is 0.294 e. The topological polar surface area (TPSA) is 152 Å². The summed E-state index contributed by atoms with van der Waals surface area (Å²) in [5, 5.41) is 11.4. The summed E-state index contributed by atoms with van der Waals surface area (Å²) in [6.45, 7) is 3.68. The molecule has 0 saturated carbocycles. The van der Waals surface area contributed by atoms with Gasteiger partial charge in [-0.2, -0.15) is 21.9 Å². The van der Waals surface area contributed by atoms with E-state index in [9.17, 15) is 16.8 Å². The van der Waals surface area contributed by atoms with Crippen molar-refractivity contribution < 1.29 is 25.9 Å². The van der Waals surface area contributed by atoms with E-state index in [0.29, 0.717) is 0 Å². The average Bonchev–Trinajstić information content (AvgIpc) is 3.17. The van der Waals surface area contributed by atoms with E-state index in [1.54, 1.807) is 41.3 Å². The van der Waals surface area contributed by atoms with Crippen molar-refractivity contribution in [2.24, 2.45) is 0 Å². The molecule has 2 aromatic heterocycles. The van der Waals surface area contributed by atoms with Crippen LogP contribution < -0.4 is 0 Å². The second-order valence-electron chi connectivity index (χ2n) is 6.23. The predicted octanol–water partition coefficient (Wildman–Crippen LogP) is 2.61. The van der Waals surface area contributed by atoms with E-state index < -0.39 is 20.2 Å². The van der Waals surface area contributed by atoms with Gasteiger partial charge in [0.05, 0.1) is 9.79 Å². The third-order valence-corrected chi connectivity index (χ3v) is 5.45. The van der Waals surface area contributed by atoms with Crippen LogP contribution in [-0.2, 0) is 20.2 Å². The average molecular weight is 465 g/mol. The van der Waals surface area contributed by atoms with Gasteiger partial charge in [0.1, 0.15) is 6.33 Å². The minimum Gasteiger partial charge on any atom is -0.282 e. The molecule has 31 heavy (non-hydrogen) atoms. The molecule has 0 spiro atoms. The Morgan fingerprint density at radius 1 is 0.742 bits per heavy atom. The van der Waals surface area contributed by atoms with Crippen LogP contribution in [0.15, 0.2) is 83.0 Å². The largest absolute Gasteiger partial charge is 0.294 e. The predicted molar refractivity (Wildman–Crippen MR) is 113 cm³/mol. The maximum atomic E-state index is 10.5. The van der Waals surface area contributed by atoms with Crippen LogP contribution in [0.25, 0.3) is 5.65 Å². The third kappa shape index (κ3) is 7.86. The van der Waals surface area contributed by atoms with E-state index in [1.165, 1.54) is 24.3 Å². The van der Waals surface area contributed by atoms with Crippen molar-refractivity contribution in [1.82, 2.24) is 19.8 Å². The normalized spacial score (nSPS) is 11.1. The summed E-state index contributed by atoms with van der Waals surface area (Å²) < 4.78 is 60.7. The van der Waals surface area contributed by atoms with Crippen LogP contribution in [-0.4, -0.2) is 45.8 Å². The molecule has 0 atom stereocenters. The van der Waals surface area contributed by atoms with Gasteiger partial charge in [0.15, 0.2) is 5.65 Å². The monoisotopic (exact) mass is 464 g/mol. The zero-order chi connectivity index (χ0) is 23.1. The molecule has 4 aromatic rings. The third-order valence-electron chi connectivity index (χ3n) is 3.72. The van der Waals surface area contributed by atoms with Gasteiger partial charge in [0.2, 0.25) is 0 Å². The molecule has 2 heterocycles. The van der Waals surface area contributed by atoms with Crippen LogP contribution in [0.5, 0.6) is 0 Å². The van der Waals surface area contributed by atoms with E-state index in [1.807, 2.05) is 26.0 Å². The Labute approximate surface area is 179 Å². The molecule has 12 heteroatoms. The highest BCUT2D eigenvalue weighted by Crippen LogP contribution is 2.09. The lowest BCUT2D eigenvalue weighted by atomic mass is 10.2. The smallest absolute Gasteiger partial charge is 0.282 e. The maximum absolute atomic E-state index is 10.5. The Kier molecular flexibility index (Phi) is 7.94. The molecular formula is C19H20N4O6S2. The van der Waals surface area contributed by atoms with Crippen LogP contribution in [0.4, 0.5) is 0 Å². The standard InChI is InChI=1S/2C7H8O3S.C5H4N4/c2*1-6-2-4-7(5-3-6)11(8,9)10;1-2-5-8-6-4-9(5)7-3-1/h2*2-5H,1H3,(H,8,9,10);1-4H. The van der Waals surface area contributed by atoms with E-state index in [-0.39, 0.29) is 9.79 Å². The van der Waals surface area contributed by atoms with Gasteiger partial charge < -0.3 is 0 Å². The Morgan fingerprint density at radius 2 is 1.19 bits per heavy atom. The lowest BCUT2D eigenvalue weighted by molar-refractivity contribution is 0.481. The number of hydrogen-bond acceptors (Lipinski definition) is 7. The number of aromatic nitrogens is 4. The Bertz CT molecular complexity index is 1230. The summed E-state index contributed by atoms with van der Waals surface area (Å²) in [4.78, 5) is -0.133. The summed E-state index contributed by atoms with van der Waals surface area (Å²) in [5.74, 6) is 0. The Morgan fingerprint density at radius 3 is 1.58 bits per heavy atom. The molecule has 0 radical (unpaired) electrons. The number of hydrogen-bond donors (Lipinski definition) is 2. The minimum absolute atomic E-state index is 0.0666. The van der Waals surface area contributed by atoms with Crippen LogP contribution in [0, 0.1) is 13.8 Å². The van der Waals surface area contributed by atoms with E-state index in [0.717, 1.165) is 16.8 Å². The van der Waals surface area contributed by atoms with E-state index in [2.05, 4.69) is 15.3 Å². The van der Waals surface area contributed by atoms with E-state index >= 15 is 0 Å². The second-order valence-corrected chi connectivity index (χ2v) is 9.08. The van der Waals surface area contributed by atoms with Crippen molar-refractivity contribution in [3.63, 3.8) is 0 Å². The lowest BCUT2D eigenvalue weighted by Gasteiger charge is -1.95. The first-order valence-corrected chi connectivity index (χ1v) is 11.5. The van der Waals surface area contributed by atoms with Crippen LogP contribution >= 0.6 is 0 Å². The van der Waals surface area contributed by atoms with Crippen molar-refractivity contribution in [2.45, 2.75) is 23.6 Å². The molecule has 0 aliphatic heterocycles. The molecule has 164 valence electrons. The van der Waals surface area contributed by atoms with Crippen LogP contribution in [0.1, 0.15) is 11.1 Å². The summed E-state index contributed by atoms with van der Waals surface area (Å²) in [6.07, 6.45) is 3.26. The Balaban J connectivity index is 0.000000166. The van der Waals surface area contributed by atoms with Crippen LogP contribution in [0.3, 0.4) is 0 Å². The van der Waals surface area contributed by atoms with Crippen molar-refractivity contribution in [3.05, 3.63) is 84.3 Å². The molecule has 0 saturated heterocycles. The molecule has 0 amide bonds. The zero-order valence-corrected chi connectivity index (χ0v) is 18.2. The van der Waals surface area contributed by atoms with Gasteiger partial charge in [0, 0.05) is 6.20 Å². The van der Waals surface area contributed by atoms with Gasteiger partial charge in [-0.1, -0.05) is 35.4 Å². The quantitative estimate of drug-likeness (QED) is 0.426. The molecule has 4 rings (SSSR count). The second kappa shape index (κ2) is 10.2. The van der Waals surface area contributed by atoms with Crippen molar-refractivity contribution in [2.75, 3.05) is 0 Å². The van der Waals surface area contributed by atoms with Crippen molar-refractivity contribution >= 4 is 25.9 Å². The van der Waals surface area contributed by atoms with Crippen LogP contribution in [0.2, 0.25) is 0 Å². The van der Waals surface area contributed by atoms with Gasteiger partial charge in [-0.15, -0.1) is 10.2 Å². The summed E-state index contributed by atoms with van der Waals surface area (Å²) in [7, 11) is -8.04. The fraction of sp³-hybridized carbons (Fsp3) is 0.105. The Hall–Kier alpha value is -3.19. The summed E-state index contributed by atoms with van der Waals surface area (Å²) in [6, 6.07) is 15.6. The highest BCUT2D eigenvalue weighted by molar-refractivity contribution is 7.86. The highest BCUT2D eigenvalue weighted by Gasteiger charge is 2.07. The van der Waals surface area contributed by atoms with Gasteiger partial charge in [-0.3, -0.25) is 9.11 Å². The first-order chi connectivity index (χ1) is 14.5. The van der Waals surface area contributed by atoms with Gasteiger partial charge >= 0.3 is 0 Å². The SMILES string of the molecule is Cc1ccc(S(=O)(=O)O)cc1.Cc1ccc(S(=O)(=O)O)cc1.c1cnn2cnnc2c1. The molecule has 0 aliphatic rings. The molecule has 2 aromatic carbocycles. The van der Waals surface area contributed by atoms with Crippen molar-refractivity contribution in [1.29, 1.82) is 0 Å². The number of nitrogens with zero attached hydrogens (tertiary/aromatic N) is 4. The molecule has 10 nitrogen and oxygen atoms in total. The molecular weight excluding hydrogens is 444 g/mol. The number of rotatable bonds is 2. The van der Waals surface area contributed by atoms with Gasteiger partial charge in [-0.25, -0.2) is 4.52 Å². The molecule has 0 fully saturated rings. The van der Waals surface area contributed by atoms with E-state index in [4.69, 9.17) is 9.11 Å². The molecule has 0 aliphatic carbocycles. The van der Waals surface area contributed by atoms with Gasteiger partial charge in [0.25, 0.3) is 20.2 Å². The fourth-order valence-electron chi connectivity index (χ4n) is 2.10. The minimum atomic E-state index is -4.02. The summed E-state index contributed by atoms with van der Waals surface area (Å²) in [5.41, 5.74) is 2.69. The number of aryl methyl sites for hydroxylation is 2. The molecule has 0 bridgehead atoms.